The normalized spacial score (nSPS) is 12.2. The van der Waals surface area contributed by atoms with Crippen LogP contribution in [0.2, 0.25) is 0 Å². The summed E-state index contributed by atoms with van der Waals surface area (Å²) in [6, 6.07) is 17.7. The molecule has 0 aliphatic heterocycles. The zero-order chi connectivity index (χ0) is 21.5. The fourth-order valence-electron chi connectivity index (χ4n) is 3.61. The maximum absolute atomic E-state index is 9.98. The summed E-state index contributed by atoms with van der Waals surface area (Å²) in [6.07, 6.45) is 0.586. The number of aryl methyl sites for hydroxylation is 1. The lowest BCUT2D eigenvalue weighted by atomic mass is 10.1. The van der Waals surface area contributed by atoms with Gasteiger partial charge < -0.3 is 14.6 Å². The summed E-state index contributed by atoms with van der Waals surface area (Å²) >= 11 is 0. The third kappa shape index (κ3) is 5.20. The standard InChI is InChI=1S/C24H31N3O3/c1-5-15-27(16-18(2)28)17-20-23(19-11-7-6-8-12-19)25-26(3)24(20)30-22-14-10-9-13-21(22)29-4/h6-14,18,28H,5,15-17H2,1-4H3. The van der Waals surface area contributed by atoms with Crippen LogP contribution in [0.4, 0.5) is 0 Å². The average molecular weight is 410 g/mol. The minimum absolute atomic E-state index is 0.410. The summed E-state index contributed by atoms with van der Waals surface area (Å²) in [6.45, 7) is 6.05. The topological polar surface area (TPSA) is 59.8 Å². The predicted octanol–water partition coefficient (Wildman–Crippen LogP) is 4.48. The van der Waals surface area contributed by atoms with Gasteiger partial charge in [-0.15, -0.1) is 0 Å². The fraction of sp³-hybridized carbons (Fsp3) is 0.375. The number of para-hydroxylation sites is 2. The van der Waals surface area contributed by atoms with E-state index in [1.54, 1.807) is 11.8 Å². The zero-order valence-corrected chi connectivity index (χ0v) is 18.2. The van der Waals surface area contributed by atoms with Gasteiger partial charge in [-0.1, -0.05) is 49.4 Å². The van der Waals surface area contributed by atoms with E-state index >= 15 is 0 Å². The van der Waals surface area contributed by atoms with Crippen LogP contribution in [-0.2, 0) is 13.6 Å². The Hall–Kier alpha value is -2.83. The molecule has 1 aromatic heterocycles. The first kappa shape index (κ1) is 21.9. The van der Waals surface area contributed by atoms with E-state index in [0.717, 1.165) is 29.8 Å². The lowest BCUT2D eigenvalue weighted by Gasteiger charge is -2.24. The Kier molecular flexibility index (Phi) is 7.49. The number of hydrogen-bond donors (Lipinski definition) is 1. The van der Waals surface area contributed by atoms with Crippen molar-refractivity contribution in [3.63, 3.8) is 0 Å². The number of benzene rings is 2. The van der Waals surface area contributed by atoms with Gasteiger partial charge in [-0.25, -0.2) is 4.68 Å². The van der Waals surface area contributed by atoms with Crippen molar-refractivity contribution in [1.29, 1.82) is 0 Å². The van der Waals surface area contributed by atoms with E-state index in [1.807, 2.05) is 56.4 Å². The van der Waals surface area contributed by atoms with Gasteiger partial charge in [0.2, 0.25) is 5.88 Å². The predicted molar refractivity (Wildman–Crippen MR) is 119 cm³/mol. The fourth-order valence-corrected chi connectivity index (χ4v) is 3.61. The Labute approximate surface area is 178 Å². The summed E-state index contributed by atoms with van der Waals surface area (Å²) in [5, 5.41) is 14.8. The van der Waals surface area contributed by atoms with Gasteiger partial charge >= 0.3 is 0 Å². The zero-order valence-electron chi connectivity index (χ0n) is 18.2. The van der Waals surface area contributed by atoms with Gasteiger partial charge in [-0.05, 0) is 32.0 Å². The van der Waals surface area contributed by atoms with Gasteiger partial charge in [-0.3, -0.25) is 4.90 Å². The number of hydrogen-bond acceptors (Lipinski definition) is 5. The highest BCUT2D eigenvalue weighted by molar-refractivity contribution is 5.65. The molecule has 6 nitrogen and oxygen atoms in total. The molecule has 160 valence electrons. The van der Waals surface area contributed by atoms with Crippen LogP contribution in [0, 0.1) is 0 Å². The first-order valence-corrected chi connectivity index (χ1v) is 10.4. The van der Waals surface area contributed by atoms with Crippen LogP contribution < -0.4 is 9.47 Å². The lowest BCUT2D eigenvalue weighted by molar-refractivity contribution is 0.122. The highest BCUT2D eigenvalue weighted by Gasteiger charge is 2.23. The molecule has 3 aromatic rings. The molecule has 1 N–H and O–H groups in total. The molecule has 0 aliphatic carbocycles. The number of nitrogens with zero attached hydrogens (tertiary/aromatic N) is 3. The van der Waals surface area contributed by atoms with Crippen molar-refractivity contribution in [2.24, 2.45) is 7.05 Å². The molecule has 1 unspecified atom stereocenters. The summed E-state index contributed by atoms with van der Waals surface area (Å²) in [5.74, 6) is 1.98. The molecule has 0 bridgehead atoms. The van der Waals surface area contributed by atoms with Crippen LogP contribution in [0.15, 0.2) is 54.6 Å². The molecule has 0 spiro atoms. The third-order valence-corrected chi connectivity index (χ3v) is 4.85. The van der Waals surface area contributed by atoms with Gasteiger partial charge in [-0.2, -0.15) is 5.10 Å². The van der Waals surface area contributed by atoms with E-state index in [1.165, 1.54) is 0 Å². The molecule has 3 rings (SSSR count). The van der Waals surface area contributed by atoms with Crippen molar-refractivity contribution in [3.8, 4) is 28.6 Å². The monoisotopic (exact) mass is 409 g/mol. The van der Waals surface area contributed by atoms with Crippen molar-refractivity contribution in [3.05, 3.63) is 60.2 Å². The molecule has 0 saturated carbocycles. The van der Waals surface area contributed by atoms with Gasteiger partial charge in [0.25, 0.3) is 0 Å². The molecule has 0 fully saturated rings. The molecule has 0 amide bonds. The summed E-state index contributed by atoms with van der Waals surface area (Å²) in [7, 11) is 3.52. The van der Waals surface area contributed by atoms with Crippen molar-refractivity contribution in [2.75, 3.05) is 20.2 Å². The number of aromatic nitrogens is 2. The van der Waals surface area contributed by atoms with Gasteiger partial charge in [0.15, 0.2) is 11.5 Å². The molecule has 6 heteroatoms. The molecule has 0 aliphatic rings. The number of ether oxygens (including phenoxy) is 2. The number of aliphatic hydroxyl groups is 1. The van der Waals surface area contributed by atoms with Gasteiger partial charge in [0.1, 0.15) is 5.69 Å². The molecule has 2 aromatic carbocycles. The van der Waals surface area contributed by atoms with Crippen molar-refractivity contribution >= 4 is 0 Å². The van der Waals surface area contributed by atoms with Gasteiger partial charge in [0, 0.05) is 25.7 Å². The quantitative estimate of drug-likeness (QED) is 0.535. The first-order chi connectivity index (χ1) is 14.5. The second-order valence-corrected chi connectivity index (χ2v) is 7.46. The van der Waals surface area contributed by atoms with E-state index in [4.69, 9.17) is 14.6 Å². The molecule has 0 radical (unpaired) electrons. The summed E-state index contributed by atoms with van der Waals surface area (Å²) in [5.41, 5.74) is 2.91. The van der Waals surface area contributed by atoms with E-state index in [0.29, 0.717) is 30.5 Å². The van der Waals surface area contributed by atoms with Crippen molar-refractivity contribution in [1.82, 2.24) is 14.7 Å². The van der Waals surface area contributed by atoms with Gasteiger partial charge in [0.05, 0.1) is 18.8 Å². The minimum atomic E-state index is -0.410. The SMILES string of the molecule is CCCN(Cc1c(-c2ccccc2)nn(C)c1Oc1ccccc1OC)CC(C)O. The molecule has 0 saturated heterocycles. The smallest absolute Gasteiger partial charge is 0.222 e. The first-order valence-electron chi connectivity index (χ1n) is 10.4. The summed E-state index contributed by atoms with van der Waals surface area (Å²) < 4.78 is 13.6. The third-order valence-electron chi connectivity index (χ3n) is 4.85. The van der Waals surface area contributed by atoms with E-state index in [9.17, 15) is 5.11 Å². The largest absolute Gasteiger partial charge is 0.493 e. The number of methoxy groups -OCH3 is 1. The second-order valence-electron chi connectivity index (χ2n) is 7.46. The second kappa shape index (κ2) is 10.3. The highest BCUT2D eigenvalue weighted by atomic mass is 16.5. The average Bonchev–Trinajstić information content (AvgIpc) is 3.04. The van der Waals surface area contributed by atoms with Crippen LogP contribution in [0.3, 0.4) is 0 Å². The van der Waals surface area contributed by atoms with Crippen LogP contribution in [0.1, 0.15) is 25.8 Å². The number of aliphatic hydroxyl groups excluding tert-OH is 1. The van der Waals surface area contributed by atoms with E-state index in [2.05, 4.69) is 24.0 Å². The van der Waals surface area contributed by atoms with Crippen molar-refractivity contribution < 1.29 is 14.6 Å². The Bertz CT molecular complexity index is 938. The van der Waals surface area contributed by atoms with Crippen molar-refractivity contribution in [2.45, 2.75) is 32.9 Å². The maximum atomic E-state index is 9.98. The lowest BCUT2D eigenvalue weighted by Crippen LogP contribution is -2.31. The Balaban J connectivity index is 2.06. The molecule has 1 atom stereocenters. The molecule has 30 heavy (non-hydrogen) atoms. The molecular weight excluding hydrogens is 378 g/mol. The molecular formula is C24H31N3O3. The number of rotatable bonds is 10. The molecule has 1 heterocycles. The maximum Gasteiger partial charge on any atom is 0.222 e. The minimum Gasteiger partial charge on any atom is -0.493 e. The Morgan fingerprint density at radius 1 is 1.07 bits per heavy atom. The summed E-state index contributed by atoms with van der Waals surface area (Å²) in [4.78, 5) is 2.24. The highest BCUT2D eigenvalue weighted by Crippen LogP contribution is 2.37. The van der Waals surface area contributed by atoms with E-state index < -0.39 is 6.10 Å². The Morgan fingerprint density at radius 3 is 2.37 bits per heavy atom. The van der Waals surface area contributed by atoms with Crippen LogP contribution in [0.25, 0.3) is 11.3 Å². The Morgan fingerprint density at radius 2 is 1.73 bits per heavy atom. The van der Waals surface area contributed by atoms with E-state index in [-0.39, 0.29) is 0 Å². The van der Waals surface area contributed by atoms with Crippen LogP contribution >= 0.6 is 0 Å². The van der Waals surface area contributed by atoms with Crippen LogP contribution in [-0.4, -0.2) is 46.1 Å². The van der Waals surface area contributed by atoms with Crippen LogP contribution in [0.5, 0.6) is 17.4 Å².